The van der Waals surface area contributed by atoms with E-state index in [1.54, 1.807) is 0 Å². The van der Waals surface area contributed by atoms with Crippen LogP contribution in [0.3, 0.4) is 0 Å². The third-order valence-electron chi connectivity index (χ3n) is 3.63. The number of ether oxygens (including phenoxy) is 2. The van der Waals surface area contributed by atoms with Gasteiger partial charge in [0.05, 0.1) is 19.3 Å². The Labute approximate surface area is 92.5 Å². The van der Waals surface area contributed by atoms with Gasteiger partial charge in [-0.05, 0) is 39.2 Å². The van der Waals surface area contributed by atoms with Crippen LogP contribution in [0.5, 0.6) is 0 Å². The van der Waals surface area contributed by atoms with Crippen molar-refractivity contribution in [1.29, 1.82) is 0 Å². The Bertz CT molecular complexity index is 180. The van der Waals surface area contributed by atoms with E-state index < -0.39 is 0 Å². The Morgan fingerprint density at radius 3 is 3.00 bits per heavy atom. The maximum absolute atomic E-state index is 5.98. The van der Waals surface area contributed by atoms with E-state index in [-0.39, 0.29) is 0 Å². The first-order chi connectivity index (χ1) is 7.38. The average molecular weight is 213 g/mol. The maximum Gasteiger partial charge on any atom is 0.0590 e. The summed E-state index contributed by atoms with van der Waals surface area (Å²) in [6.07, 6.45) is 6.70. The van der Waals surface area contributed by atoms with Gasteiger partial charge in [0.15, 0.2) is 0 Å². The van der Waals surface area contributed by atoms with Gasteiger partial charge in [0.25, 0.3) is 0 Å². The van der Waals surface area contributed by atoms with E-state index in [0.717, 1.165) is 19.8 Å². The molecule has 3 atom stereocenters. The van der Waals surface area contributed by atoms with Gasteiger partial charge in [0.2, 0.25) is 0 Å². The van der Waals surface area contributed by atoms with Gasteiger partial charge in [-0.25, -0.2) is 0 Å². The quantitative estimate of drug-likeness (QED) is 0.769. The summed E-state index contributed by atoms with van der Waals surface area (Å²) in [6, 6.07) is 0.670. The Kier molecular flexibility index (Phi) is 4.42. The van der Waals surface area contributed by atoms with Crippen molar-refractivity contribution >= 4 is 0 Å². The lowest BCUT2D eigenvalue weighted by Gasteiger charge is -2.29. The van der Waals surface area contributed by atoms with Crippen LogP contribution in [-0.4, -0.2) is 39.0 Å². The molecule has 1 aliphatic heterocycles. The Morgan fingerprint density at radius 2 is 2.27 bits per heavy atom. The average Bonchev–Trinajstić information content (AvgIpc) is 2.79. The smallest absolute Gasteiger partial charge is 0.0590 e. The minimum Gasteiger partial charge on any atom is -0.381 e. The van der Waals surface area contributed by atoms with Gasteiger partial charge >= 0.3 is 0 Å². The second-order valence-corrected chi connectivity index (χ2v) is 4.84. The Balaban J connectivity index is 1.65. The summed E-state index contributed by atoms with van der Waals surface area (Å²) < 4.78 is 11.3. The van der Waals surface area contributed by atoms with Crippen LogP contribution < -0.4 is 5.32 Å². The highest BCUT2D eigenvalue weighted by Crippen LogP contribution is 2.22. The molecule has 0 amide bonds. The van der Waals surface area contributed by atoms with Gasteiger partial charge in [0.1, 0.15) is 0 Å². The number of hydrogen-bond acceptors (Lipinski definition) is 3. The molecule has 88 valence electrons. The number of rotatable bonds is 4. The van der Waals surface area contributed by atoms with Gasteiger partial charge in [-0.15, -0.1) is 0 Å². The van der Waals surface area contributed by atoms with Crippen LogP contribution >= 0.6 is 0 Å². The van der Waals surface area contributed by atoms with Crippen LogP contribution in [0.1, 0.15) is 32.1 Å². The number of hydrogen-bond donors (Lipinski definition) is 1. The van der Waals surface area contributed by atoms with Gasteiger partial charge < -0.3 is 14.8 Å². The zero-order chi connectivity index (χ0) is 10.5. The molecule has 0 spiro atoms. The summed E-state index contributed by atoms with van der Waals surface area (Å²) >= 11 is 0. The summed E-state index contributed by atoms with van der Waals surface area (Å²) in [5.41, 5.74) is 0. The fourth-order valence-electron chi connectivity index (χ4n) is 2.55. The second-order valence-electron chi connectivity index (χ2n) is 4.84. The van der Waals surface area contributed by atoms with E-state index in [2.05, 4.69) is 12.4 Å². The van der Waals surface area contributed by atoms with Gasteiger partial charge in [-0.2, -0.15) is 0 Å². The third kappa shape index (κ3) is 3.44. The first kappa shape index (κ1) is 11.4. The van der Waals surface area contributed by atoms with E-state index in [1.165, 1.54) is 32.1 Å². The summed E-state index contributed by atoms with van der Waals surface area (Å²) in [5.74, 6) is 0.653. The molecule has 0 aromatic carbocycles. The molecule has 2 aliphatic rings. The molecule has 0 radical (unpaired) electrons. The molecule has 1 aliphatic carbocycles. The van der Waals surface area contributed by atoms with Crippen LogP contribution in [0.4, 0.5) is 0 Å². The van der Waals surface area contributed by atoms with Crippen LogP contribution in [-0.2, 0) is 9.47 Å². The van der Waals surface area contributed by atoms with E-state index in [1.807, 2.05) is 0 Å². The zero-order valence-electron chi connectivity index (χ0n) is 9.71. The fraction of sp³-hybridized carbons (Fsp3) is 1.00. The van der Waals surface area contributed by atoms with E-state index in [9.17, 15) is 0 Å². The molecule has 2 rings (SSSR count). The first-order valence-corrected chi connectivity index (χ1v) is 6.25. The Hall–Kier alpha value is -0.120. The summed E-state index contributed by atoms with van der Waals surface area (Å²) in [6.45, 7) is 2.74. The second kappa shape index (κ2) is 5.83. The van der Waals surface area contributed by atoms with Crippen molar-refractivity contribution in [3.63, 3.8) is 0 Å². The highest BCUT2D eigenvalue weighted by atomic mass is 16.5. The van der Waals surface area contributed by atoms with Crippen LogP contribution in [0.25, 0.3) is 0 Å². The van der Waals surface area contributed by atoms with Gasteiger partial charge in [0, 0.05) is 18.6 Å². The van der Waals surface area contributed by atoms with Gasteiger partial charge in [-0.1, -0.05) is 0 Å². The van der Waals surface area contributed by atoms with E-state index >= 15 is 0 Å². The molecule has 1 N–H and O–H groups in total. The molecule has 1 heterocycles. The predicted molar refractivity (Wildman–Crippen MR) is 60.0 cm³/mol. The van der Waals surface area contributed by atoms with E-state index in [0.29, 0.717) is 18.1 Å². The first-order valence-electron chi connectivity index (χ1n) is 6.25. The lowest BCUT2D eigenvalue weighted by Crippen LogP contribution is -2.35. The van der Waals surface area contributed by atoms with Crippen molar-refractivity contribution in [3.05, 3.63) is 0 Å². The largest absolute Gasteiger partial charge is 0.381 e. The van der Waals surface area contributed by atoms with Crippen LogP contribution in [0.15, 0.2) is 0 Å². The SMILES string of the molecule is CNC1CCCC(OCC2CCOC2)C1. The number of nitrogens with one attached hydrogen (secondary N) is 1. The molecule has 3 nitrogen and oxygen atoms in total. The third-order valence-corrected chi connectivity index (χ3v) is 3.63. The van der Waals surface area contributed by atoms with Crippen LogP contribution in [0.2, 0.25) is 0 Å². The Morgan fingerprint density at radius 1 is 1.33 bits per heavy atom. The minimum atomic E-state index is 0.483. The molecule has 1 saturated carbocycles. The molecule has 15 heavy (non-hydrogen) atoms. The molecule has 3 heteroatoms. The molecule has 0 bridgehead atoms. The molecular formula is C12H23NO2. The van der Waals surface area contributed by atoms with Crippen molar-refractivity contribution in [3.8, 4) is 0 Å². The monoisotopic (exact) mass is 213 g/mol. The molecular weight excluding hydrogens is 190 g/mol. The summed E-state index contributed by atoms with van der Waals surface area (Å²) in [4.78, 5) is 0. The summed E-state index contributed by atoms with van der Waals surface area (Å²) in [7, 11) is 2.05. The molecule has 3 unspecified atom stereocenters. The molecule has 2 fully saturated rings. The van der Waals surface area contributed by atoms with E-state index in [4.69, 9.17) is 9.47 Å². The normalized spacial score (nSPS) is 37.0. The lowest BCUT2D eigenvalue weighted by atomic mass is 9.93. The lowest BCUT2D eigenvalue weighted by molar-refractivity contribution is -0.000426. The molecule has 1 saturated heterocycles. The molecule has 0 aromatic rings. The summed E-state index contributed by atoms with van der Waals surface area (Å²) in [5, 5.41) is 3.36. The predicted octanol–water partition coefficient (Wildman–Crippen LogP) is 1.57. The maximum atomic E-state index is 5.98. The zero-order valence-corrected chi connectivity index (χ0v) is 9.71. The van der Waals surface area contributed by atoms with Crippen LogP contribution in [0, 0.1) is 5.92 Å². The van der Waals surface area contributed by atoms with Crippen molar-refractivity contribution in [2.45, 2.75) is 44.2 Å². The molecule has 0 aromatic heterocycles. The van der Waals surface area contributed by atoms with Crippen molar-refractivity contribution in [2.24, 2.45) is 5.92 Å². The fourth-order valence-corrected chi connectivity index (χ4v) is 2.55. The minimum absolute atomic E-state index is 0.483. The highest BCUT2D eigenvalue weighted by molar-refractivity contribution is 4.77. The highest BCUT2D eigenvalue weighted by Gasteiger charge is 2.23. The standard InChI is InChI=1S/C12H23NO2/c1-13-11-3-2-4-12(7-11)15-9-10-5-6-14-8-10/h10-13H,2-9H2,1H3. The van der Waals surface area contributed by atoms with Gasteiger partial charge in [-0.3, -0.25) is 0 Å². The van der Waals surface area contributed by atoms with Crippen molar-refractivity contribution in [2.75, 3.05) is 26.9 Å². The van der Waals surface area contributed by atoms with Crippen molar-refractivity contribution < 1.29 is 9.47 Å². The van der Waals surface area contributed by atoms with Crippen molar-refractivity contribution in [1.82, 2.24) is 5.32 Å². The topological polar surface area (TPSA) is 30.5 Å².